The van der Waals surface area contributed by atoms with Gasteiger partial charge in [0.1, 0.15) is 15.9 Å². The van der Waals surface area contributed by atoms with E-state index in [0.29, 0.717) is 14.8 Å². The summed E-state index contributed by atoms with van der Waals surface area (Å²) in [4.78, 5) is 26.3. The number of nitrogens with zero attached hydrogens (tertiary/aromatic N) is 1. The first-order chi connectivity index (χ1) is 13.0. The van der Waals surface area contributed by atoms with Crippen molar-refractivity contribution in [3.05, 3.63) is 70.4 Å². The van der Waals surface area contributed by atoms with Crippen LogP contribution in [0.25, 0.3) is 6.08 Å². The maximum absolute atomic E-state index is 13.2. The predicted molar refractivity (Wildman–Crippen MR) is 107 cm³/mol. The van der Waals surface area contributed by atoms with Gasteiger partial charge in [-0.25, -0.2) is 4.39 Å². The molecule has 2 aromatic rings. The van der Waals surface area contributed by atoms with Gasteiger partial charge in [-0.2, -0.15) is 0 Å². The van der Waals surface area contributed by atoms with E-state index in [1.165, 1.54) is 29.2 Å². The monoisotopic (exact) mass is 402 g/mol. The van der Waals surface area contributed by atoms with Gasteiger partial charge in [-0.15, -0.1) is 0 Å². The second-order valence-electron chi connectivity index (χ2n) is 5.66. The van der Waals surface area contributed by atoms with Gasteiger partial charge < -0.3 is 10.4 Å². The van der Waals surface area contributed by atoms with E-state index in [9.17, 15) is 19.1 Å². The van der Waals surface area contributed by atoms with Gasteiger partial charge >= 0.3 is 0 Å². The fourth-order valence-corrected chi connectivity index (χ4v) is 3.76. The van der Waals surface area contributed by atoms with Crippen molar-refractivity contribution >= 4 is 46.2 Å². The van der Waals surface area contributed by atoms with E-state index < -0.39 is 11.7 Å². The number of nitrogens with one attached hydrogen (secondary N) is 1. The highest BCUT2D eigenvalue weighted by Gasteiger charge is 2.31. The van der Waals surface area contributed by atoms with Crippen molar-refractivity contribution in [1.82, 2.24) is 10.2 Å². The minimum atomic E-state index is -0.492. The molecule has 1 aliphatic rings. The smallest absolute Gasteiger partial charge is 0.266 e. The number of thioether (sulfide) groups is 1. The number of amides is 2. The summed E-state index contributed by atoms with van der Waals surface area (Å²) in [5.41, 5.74) is 0.734. The van der Waals surface area contributed by atoms with E-state index in [4.69, 9.17) is 12.2 Å². The lowest BCUT2D eigenvalue weighted by Gasteiger charge is -2.14. The fraction of sp³-hybridized carbons (Fsp3) is 0.105. The number of benzene rings is 2. The van der Waals surface area contributed by atoms with Crippen LogP contribution in [0, 0.1) is 5.82 Å². The molecule has 2 N–H and O–H groups in total. The van der Waals surface area contributed by atoms with Crippen LogP contribution in [0.2, 0.25) is 0 Å². The van der Waals surface area contributed by atoms with Gasteiger partial charge in [0.05, 0.1) is 4.91 Å². The number of halogens is 1. The van der Waals surface area contributed by atoms with Crippen LogP contribution >= 0.6 is 24.0 Å². The highest BCUT2D eigenvalue weighted by atomic mass is 32.2. The van der Waals surface area contributed by atoms with E-state index in [1.807, 2.05) is 0 Å². The number of aromatic hydroxyl groups is 1. The van der Waals surface area contributed by atoms with Gasteiger partial charge in [0, 0.05) is 24.2 Å². The van der Waals surface area contributed by atoms with E-state index in [-0.39, 0.29) is 30.3 Å². The summed E-state index contributed by atoms with van der Waals surface area (Å²) in [7, 11) is 0. The molecule has 1 fully saturated rings. The number of hydrogen-bond donors (Lipinski definition) is 2. The van der Waals surface area contributed by atoms with Crippen molar-refractivity contribution in [3.8, 4) is 5.75 Å². The SMILES string of the molecule is O=C(NCCN1C(=O)/C(=C/c2ccccc2O)SC1=S)c1cccc(F)c1. The topological polar surface area (TPSA) is 69.6 Å². The third-order valence-corrected chi connectivity index (χ3v) is 5.18. The number of hydrogen-bond acceptors (Lipinski definition) is 5. The summed E-state index contributed by atoms with van der Waals surface area (Å²) in [6.07, 6.45) is 1.58. The lowest BCUT2D eigenvalue weighted by molar-refractivity contribution is -0.122. The predicted octanol–water partition coefficient (Wildman–Crippen LogP) is 3.16. The molecule has 0 spiro atoms. The number of rotatable bonds is 5. The van der Waals surface area contributed by atoms with Crippen LogP contribution in [0.3, 0.4) is 0 Å². The number of thiocarbonyl (C=S) groups is 1. The zero-order chi connectivity index (χ0) is 19.4. The average Bonchev–Trinajstić information content (AvgIpc) is 2.91. The van der Waals surface area contributed by atoms with Crippen LogP contribution in [0.1, 0.15) is 15.9 Å². The largest absolute Gasteiger partial charge is 0.507 e. The maximum atomic E-state index is 13.2. The molecule has 0 radical (unpaired) electrons. The molecule has 0 saturated carbocycles. The zero-order valence-electron chi connectivity index (χ0n) is 14.0. The molecule has 0 bridgehead atoms. The third-order valence-electron chi connectivity index (χ3n) is 3.80. The number of carbonyl (C=O) groups is 2. The van der Waals surface area contributed by atoms with Crippen LogP contribution < -0.4 is 5.32 Å². The Hall–Kier alpha value is -2.71. The van der Waals surface area contributed by atoms with E-state index in [2.05, 4.69) is 5.32 Å². The van der Waals surface area contributed by atoms with Crippen molar-refractivity contribution in [2.75, 3.05) is 13.1 Å². The summed E-state index contributed by atoms with van der Waals surface area (Å²) in [6.45, 7) is 0.371. The lowest BCUT2D eigenvalue weighted by atomic mass is 10.2. The number of phenols is 1. The molecule has 0 aromatic heterocycles. The normalized spacial score (nSPS) is 15.4. The molecule has 27 heavy (non-hydrogen) atoms. The van der Waals surface area contributed by atoms with Crippen molar-refractivity contribution in [1.29, 1.82) is 0 Å². The molecular weight excluding hydrogens is 387 g/mol. The first-order valence-electron chi connectivity index (χ1n) is 8.03. The molecule has 1 saturated heterocycles. The van der Waals surface area contributed by atoms with Gasteiger partial charge in [0.2, 0.25) is 0 Å². The minimum Gasteiger partial charge on any atom is -0.507 e. The molecule has 3 rings (SSSR count). The Balaban J connectivity index is 1.61. The summed E-state index contributed by atoms with van der Waals surface area (Å²) < 4.78 is 13.5. The van der Waals surface area contributed by atoms with E-state index in [0.717, 1.165) is 17.8 Å². The molecular formula is C19H15FN2O3S2. The van der Waals surface area contributed by atoms with Crippen LogP contribution in [-0.4, -0.2) is 39.2 Å². The van der Waals surface area contributed by atoms with Crippen LogP contribution in [0.4, 0.5) is 4.39 Å². The Morgan fingerprint density at radius 2 is 2.04 bits per heavy atom. The molecule has 2 amide bonds. The van der Waals surface area contributed by atoms with Crippen molar-refractivity contribution in [2.24, 2.45) is 0 Å². The second-order valence-corrected chi connectivity index (χ2v) is 7.33. The standard InChI is InChI=1S/C19H15FN2O3S2/c20-14-6-3-5-13(10-14)17(24)21-8-9-22-18(25)16(27-19(22)26)11-12-4-1-2-7-15(12)23/h1-7,10-11,23H,8-9H2,(H,21,24)/b16-11-. The summed E-state index contributed by atoms with van der Waals surface area (Å²) in [6, 6.07) is 12.0. The van der Waals surface area contributed by atoms with Gasteiger partial charge in [-0.05, 0) is 30.3 Å². The summed E-state index contributed by atoms with van der Waals surface area (Å²) >= 11 is 6.37. The van der Waals surface area contributed by atoms with Gasteiger partial charge in [0.15, 0.2) is 0 Å². The fourth-order valence-electron chi connectivity index (χ4n) is 2.46. The van der Waals surface area contributed by atoms with Gasteiger partial charge in [-0.3, -0.25) is 14.5 Å². The highest BCUT2D eigenvalue weighted by molar-refractivity contribution is 8.26. The Morgan fingerprint density at radius 3 is 2.78 bits per heavy atom. The Labute approximate surface area is 164 Å². The molecule has 1 heterocycles. The quantitative estimate of drug-likeness (QED) is 0.594. The third kappa shape index (κ3) is 4.53. The van der Waals surface area contributed by atoms with E-state index in [1.54, 1.807) is 24.3 Å². The van der Waals surface area contributed by atoms with Crippen LogP contribution in [-0.2, 0) is 4.79 Å². The average molecular weight is 402 g/mol. The lowest BCUT2D eigenvalue weighted by Crippen LogP contribution is -2.37. The number of para-hydroxylation sites is 1. The Bertz CT molecular complexity index is 946. The molecule has 0 atom stereocenters. The molecule has 1 aliphatic heterocycles. The molecule has 5 nitrogen and oxygen atoms in total. The van der Waals surface area contributed by atoms with Crippen LogP contribution in [0.15, 0.2) is 53.4 Å². The minimum absolute atomic E-state index is 0.0742. The van der Waals surface area contributed by atoms with Crippen molar-refractivity contribution in [3.63, 3.8) is 0 Å². The molecule has 2 aromatic carbocycles. The molecule has 8 heteroatoms. The molecule has 138 valence electrons. The first kappa shape index (κ1) is 19.1. The first-order valence-corrected chi connectivity index (χ1v) is 9.25. The molecule has 0 unspecified atom stereocenters. The molecule has 0 aliphatic carbocycles. The zero-order valence-corrected chi connectivity index (χ0v) is 15.6. The summed E-state index contributed by atoms with van der Waals surface area (Å²) in [5.74, 6) is -1.13. The second kappa shape index (κ2) is 8.32. The van der Waals surface area contributed by atoms with Crippen molar-refractivity contribution < 1.29 is 19.1 Å². The van der Waals surface area contributed by atoms with Gasteiger partial charge in [0.25, 0.3) is 11.8 Å². The van der Waals surface area contributed by atoms with Crippen molar-refractivity contribution in [2.45, 2.75) is 0 Å². The Kier molecular flexibility index (Phi) is 5.88. The maximum Gasteiger partial charge on any atom is 0.266 e. The Morgan fingerprint density at radius 1 is 1.26 bits per heavy atom. The van der Waals surface area contributed by atoms with E-state index >= 15 is 0 Å². The van der Waals surface area contributed by atoms with Gasteiger partial charge in [-0.1, -0.05) is 48.2 Å². The number of carbonyl (C=O) groups excluding carboxylic acids is 2. The number of phenolic OH excluding ortho intramolecular Hbond substituents is 1. The van der Waals surface area contributed by atoms with Crippen LogP contribution in [0.5, 0.6) is 5.75 Å². The highest BCUT2D eigenvalue weighted by Crippen LogP contribution is 2.33. The summed E-state index contributed by atoms with van der Waals surface area (Å²) in [5, 5.41) is 12.5.